The van der Waals surface area contributed by atoms with E-state index >= 15 is 0 Å². The number of nitrogens with zero attached hydrogens (tertiary/aromatic N) is 1. The van der Waals surface area contributed by atoms with Gasteiger partial charge in [-0.3, -0.25) is 5.32 Å². The number of rotatable bonds is 4. The lowest BCUT2D eigenvalue weighted by atomic mass is 10.1. The molecular formula is C14H11F3N2S. The zero-order valence-corrected chi connectivity index (χ0v) is 11.1. The second kappa shape index (κ2) is 6.07. The topological polar surface area (TPSA) is 35.8 Å². The average molecular weight is 296 g/mol. The minimum Gasteiger partial charge on any atom is -0.294 e. The molecule has 1 unspecified atom stereocenters. The smallest absolute Gasteiger partial charge is 0.294 e. The van der Waals surface area contributed by atoms with Gasteiger partial charge < -0.3 is 0 Å². The predicted octanol–water partition coefficient (Wildman–Crippen LogP) is 4.12. The first kappa shape index (κ1) is 14.6. The van der Waals surface area contributed by atoms with Gasteiger partial charge in [-0.1, -0.05) is 18.2 Å². The van der Waals surface area contributed by atoms with Crippen LogP contribution in [-0.2, 0) is 12.7 Å². The van der Waals surface area contributed by atoms with E-state index in [4.69, 9.17) is 5.26 Å². The van der Waals surface area contributed by atoms with Crippen molar-refractivity contribution in [3.8, 4) is 6.07 Å². The molecule has 1 N–H and O–H groups in total. The highest BCUT2D eigenvalue weighted by molar-refractivity contribution is 7.08. The molecule has 0 spiro atoms. The molecule has 0 aliphatic rings. The van der Waals surface area contributed by atoms with Gasteiger partial charge in [0.1, 0.15) is 6.04 Å². The minimum atomic E-state index is -4.35. The zero-order valence-electron chi connectivity index (χ0n) is 10.3. The lowest BCUT2D eigenvalue weighted by Gasteiger charge is -2.12. The third-order valence-corrected chi connectivity index (χ3v) is 3.47. The van der Waals surface area contributed by atoms with E-state index in [0.29, 0.717) is 5.56 Å². The molecule has 0 fully saturated rings. The van der Waals surface area contributed by atoms with Gasteiger partial charge in [0.15, 0.2) is 0 Å². The standard InChI is InChI=1S/C14H11F3N2S/c15-14(16,17)12-3-1-2-10(6-12)8-19-13(7-18)11-4-5-20-9-11/h1-6,9,13,19H,8H2. The number of nitrogens with one attached hydrogen (secondary N) is 1. The van der Waals surface area contributed by atoms with Gasteiger partial charge in [0.05, 0.1) is 11.6 Å². The maximum Gasteiger partial charge on any atom is 0.416 e. The van der Waals surface area contributed by atoms with Crippen molar-refractivity contribution in [2.75, 3.05) is 0 Å². The second-order valence-corrected chi connectivity index (χ2v) is 4.98. The van der Waals surface area contributed by atoms with Gasteiger partial charge in [0, 0.05) is 6.54 Å². The third-order valence-electron chi connectivity index (χ3n) is 2.77. The Labute approximate surface area is 118 Å². The van der Waals surface area contributed by atoms with Crippen molar-refractivity contribution in [1.29, 1.82) is 5.26 Å². The highest BCUT2D eigenvalue weighted by atomic mass is 32.1. The summed E-state index contributed by atoms with van der Waals surface area (Å²) in [6.45, 7) is 0.206. The largest absolute Gasteiger partial charge is 0.416 e. The van der Waals surface area contributed by atoms with E-state index < -0.39 is 17.8 Å². The Bertz CT molecular complexity index is 600. The number of alkyl halides is 3. The highest BCUT2D eigenvalue weighted by Gasteiger charge is 2.30. The molecule has 0 saturated heterocycles. The Morgan fingerprint density at radius 1 is 1.30 bits per heavy atom. The quantitative estimate of drug-likeness (QED) is 0.921. The van der Waals surface area contributed by atoms with E-state index in [9.17, 15) is 13.2 Å². The molecule has 0 aliphatic carbocycles. The van der Waals surface area contributed by atoms with Crippen molar-refractivity contribution in [3.05, 3.63) is 57.8 Å². The predicted molar refractivity (Wildman–Crippen MR) is 71.0 cm³/mol. The second-order valence-electron chi connectivity index (χ2n) is 4.20. The summed E-state index contributed by atoms with van der Waals surface area (Å²) >= 11 is 1.47. The van der Waals surface area contributed by atoms with Crippen LogP contribution in [0.2, 0.25) is 0 Å². The molecular weight excluding hydrogens is 285 g/mol. The van der Waals surface area contributed by atoms with Crippen molar-refractivity contribution in [1.82, 2.24) is 5.32 Å². The van der Waals surface area contributed by atoms with Crippen LogP contribution in [0.15, 0.2) is 41.1 Å². The molecule has 1 aromatic carbocycles. The van der Waals surface area contributed by atoms with E-state index in [1.165, 1.54) is 17.4 Å². The molecule has 2 aromatic rings. The van der Waals surface area contributed by atoms with Crippen LogP contribution in [0.1, 0.15) is 22.7 Å². The molecule has 0 radical (unpaired) electrons. The lowest BCUT2D eigenvalue weighted by molar-refractivity contribution is -0.137. The van der Waals surface area contributed by atoms with Crippen molar-refractivity contribution in [2.24, 2.45) is 0 Å². The normalized spacial score (nSPS) is 12.9. The molecule has 0 bridgehead atoms. The Morgan fingerprint density at radius 2 is 2.10 bits per heavy atom. The minimum absolute atomic E-state index is 0.206. The van der Waals surface area contributed by atoms with Gasteiger partial charge in [-0.05, 0) is 34.0 Å². The van der Waals surface area contributed by atoms with Gasteiger partial charge in [-0.15, -0.1) is 0 Å². The molecule has 1 aromatic heterocycles. The van der Waals surface area contributed by atoms with Gasteiger partial charge >= 0.3 is 6.18 Å². The van der Waals surface area contributed by atoms with Crippen molar-refractivity contribution in [2.45, 2.75) is 18.8 Å². The Hall–Kier alpha value is -1.84. The number of nitriles is 1. The molecule has 0 amide bonds. The monoisotopic (exact) mass is 296 g/mol. The number of halogens is 3. The fourth-order valence-corrected chi connectivity index (χ4v) is 2.44. The van der Waals surface area contributed by atoms with E-state index in [-0.39, 0.29) is 6.54 Å². The van der Waals surface area contributed by atoms with Crippen LogP contribution in [0.4, 0.5) is 13.2 Å². The lowest BCUT2D eigenvalue weighted by Crippen LogP contribution is -2.19. The summed E-state index contributed by atoms with van der Waals surface area (Å²) in [5, 5.41) is 15.7. The number of thiophene rings is 1. The van der Waals surface area contributed by atoms with Crippen molar-refractivity contribution >= 4 is 11.3 Å². The summed E-state index contributed by atoms with van der Waals surface area (Å²) in [7, 11) is 0. The maximum atomic E-state index is 12.6. The Morgan fingerprint density at radius 3 is 2.70 bits per heavy atom. The van der Waals surface area contributed by atoms with Crippen LogP contribution in [-0.4, -0.2) is 0 Å². The summed E-state index contributed by atoms with van der Waals surface area (Å²) in [4.78, 5) is 0. The summed E-state index contributed by atoms with van der Waals surface area (Å²) < 4.78 is 37.8. The van der Waals surface area contributed by atoms with Crippen LogP contribution in [0.5, 0.6) is 0 Å². The van der Waals surface area contributed by atoms with Crippen LogP contribution in [0.3, 0.4) is 0 Å². The summed E-state index contributed by atoms with van der Waals surface area (Å²) in [6.07, 6.45) is -4.35. The van der Waals surface area contributed by atoms with Crippen LogP contribution >= 0.6 is 11.3 Å². The average Bonchev–Trinajstić information content (AvgIpc) is 2.93. The van der Waals surface area contributed by atoms with Crippen LogP contribution < -0.4 is 5.32 Å². The molecule has 2 nitrogen and oxygen atoms in total. The first-order chi connectivity index (χ1) is 9.50. The zero-order chi connectivity index (χ0) is 14.6. The highest BCUT2D eigenvalue weighted by Crippen LogP contribution is 2.29. The molecule has 2 rings (SSSR count). The van der Waals surface area contributed by atoms with E-state index in [0.717, 1.165) is 17.7 Å². The summed E-state index contributed by atoms with van der Waals surface area (Å²) in [5.41, 5.74) is 0.639. The van der Waals surface area contributed by atoms with Crippen LogP contribution in [0.25, 0.3) is 0 Å². The molecule has 1 heterocycles. The fraction of sp³-hybridized carbons (Fsp3) is 0.214. The molecule has 20 heavy (non-hydrogen) atoms. The van der Waals surface area contributed by atoms with Crippen molar-refractivity contribution in [3.63, 3.8) is 0 Å². The van der Waals surface area contributed by atoms with Gasteiger partial charge in [0.25, 0.3) is 0 Å². The van der Waals surface area contributed by atoms with E-state index in [1.807, 2.05) is 16.8 Å². The summed E-state index contributed by atoms with van der Waals surface area (Å²) in [6, 6.07) is 8.48. The van der Waals surface area contributed by atoms with Crippen LogP contribution in [0, 0.1) is 11.3 Å². The molecule has 104 valence electrons. The first-order valence-electron chi connectivity index (χ1n) is 5.82. The molecule has 0 saturated carbocycles. The number of benzene rings is 1. The van der Waals surface area contributed by atoms with Crippen molar-refractivity contribution < 1.29 is 13.2 Å². The molecule has 6 heteroatoms. The Kier molecular flexibility index (Phi) is 4.42. The number of hydrogen-bond donors (Lipinski definition) is 1. The van der Waals surface area contributed by atoms with E-state index in [1.54, 1.807) is 6.07 Å². The van der Waals surface area contributed by atoms with E-state index in [2.05, 4.69) is 11.4 Å². The van der Waals surface area contributed by atoms with Gasteiger partial charge in [-0.25, -0.2) is 0 Å². The number of hydrogen-bond acceptors (Lipinski definition) is 3. The molecule has 1 atom stereocenters. The van der Waals surface area contributed by atoms with Gasteiger partial charge in [0.2, 0.25) is 0 Å². The maximum absolute atomic E-state index is 12.6. The first-order valence-corrected chi connectivity index (χ1v) is 6.76. The third kappa shape index (κ3) is 3.59. The Balaban J connectivity index is 2.06. The molecule has 0 aliphatic heterocycles. The van der Waals surface area contributed by atoms with Gasteiger partial charge in [-0.2, -0.15) is 29.8 Å². The fourth-order valence-electron chi connectivity index (χ4n) is 1.75. The SMILES string of the molecule is N#CC(NCc1cccc(C(F)(F)F)c1)c1ccsc1. The summed E-state index contributed by atoms with van der Waals surface area (Å²) in [5.74, 6) is 0.